The van der Waals surface area contributed by atoms with Gasteiger partial charge in [-0.15, -0.1) is 0 Å². The predicted molar refractivity (Wildman–Crippen MR) is 79.6 cm³/mol. The molecule has 1 heterocycles. The molecule has 0 aliphatic rings. The van der Waals surface area contributed by atoms with E-state index in [0.717, 1.165) is 17.5 Å². The lowest BCUT2D eigenvalue weighted by atomic mass is 10.1. The molecule has 2 rings (SSSR count). The summed E-state index contributed by atoms with van der Waals surface area (Å²) in [7, 11) is 1.55. The number of methoxy groups -OCH3 is 1. The van der Waals surface area contributed by atoms with Gasteiger partial charge in [0.25, 0.3) is 0 Å². The van der Waals surface area contributed by atoms with Crippen molar-refractivity contribution in [2.24, 2.45) is 0 Å². The minimum absolute atomic E-state index is 0.208. The van der Waals surface area contributed by atoms with Gasteiger partial charge in [0.2, 0.25) is 11.8 Å². The molecule has 0 fully saturated rings. The van der Waals surface area contributed by atoms with Crippen molar-refractivity contribution in [3.8, 4) is 5.88 Å². The predicted octanol–water partition coefficient (Wildman–Crippen LogP) is 3.35. The minimum Gasteiger partial charge on any atom is -0.480 e. The van der Waals surface area contributed by atoms with Crippen molar-refractivity contribution in [1.82, 2.24) is 9.97 Å². The van der Waals surface area contributed by atoms with E-state index in [4.69, 9.17) is 4.74 Å². The van der Waals surface area contributed by atoms with E-state index in [1.807, 2.05) is 6.92 Å². The molecule has 2 aromatic rings. The van der Waals surface area contributed by atoms with Gasteiger partial charge in [0, 0.05) is 6.54 Å². The Morgan fingerprint density at radius 2 is 2.20 bits per heavy atom. The van der Waals surface area contributed by atoms with E-state index in [1.54, 1.807) is 19.4 Å². The van der Waals surface area contributed by atoms with Crippen LogP contribution in [0.15, 0.2) is 28.9 Å². The van der Waals surface area contributed by atoms with E-state index >= 15 is 0 Å². The van der Waals surface area contributed by atoms with Gasteiger partial charge in [0.15, 0.2) is 0 Å². The van der Waals surface area contributed by atoms with Gasteiger partial charge in [0.05, 0.1) is 17.8 Å². The Labute approximate surface area is 125 Å². The molecule has 106 valence electrons. The number of anilines is 1. The average Bonchev–Trinajstić information content (AvgIpc) is 2.43. The molecule has 0 spiro atoms. The topological polar surface area (TPSA) is 47.0 Å². The van der Waals surface area contributed by atoms with Crippen LogP contribution in [0.4, 0.5) is 10.3 Å². The summed E-state index contributed by atoms with van der Waals surface area (Å²) in [5.41, 5.74) is 2.05. The summed E-state index contributed by atoms with van der Waals surface area (Å²) in [6, 6.07) is 4.81. The van der Waals surface area contributed by atoms with E-state index in [0.29, 0.717) is 22.8 Å². The van der Waals surface area contributed by atoms with Crippen LogP contribution in [0.3, 0.4) is 0 Å². The molecule has 4 nitrogen and oxygen atoms in total. The van der Waals surface area contributed by atoms with E-state index in [9.17, 15) is 4.39 Å². The number of aryl methyl sites for hydroxylation is 1. The quantitative estimate of drug-likeness (QED) is 0.907. The Kier molecular flexibility index (Phi) is 4.89. The molecule has 1 aromatic heterocycles. The highest BCUT2D eigenvalue weighted by Gasteiger charge is 2.05. The lowest BCUT2D eigenvalue weighted by Crippen LogP contribution is -2.09. The summed E-state index contributed by atoms with van der Waals surface area (Å²) in [6.45, 7) is 2.56. The first-order chi connectivity index (χ1) is 9.60. The fraction of sp³-hybridized carbons (Fsp3) is 0.286. The van der Waals surface area contributed by atoms with Crippen molar-refractivity contribution < 1.29 is 9.13 Å². The largest absolute Gasteiger partial charge is 0.480 e. The van der Waals surface area contributed by atoms with E-state index in [-0.39, 0.29) is 5.82 Å². The number of nitrogens with zero attached hydrogens (tertiary/aromatic N) is 2. The van der Waals surface area contributed by atoms with Crippen LogP contribution in [0.25, 0.3) is 0 Å². The minimum atomic E-state index is -0.208. The second-order valence-corrected chi connectivity index (χ2v) is 5.15. The summed E-state index contributed by atoms with van der Waals surface area (Å²) < 4.78 is 18.8. The van der Waals surface area contributed by atoms with E-state index in [2.05, 4.69) is 31.2 Å². The molecule has 0 radical (unpaired) electrons. The normalized spacial score (nSPS) is 10.4. The third-order valence-corrected chi connectivity index (χ3v) is 3.43. The maximum Gasteiger partial charge on any atom is 0.232 e. The molecule has 0 aliphatic heterocycles. The zero-order valence-corrected chi connectivity index (χ0v) is 12.9. The highest BCUT2D eigenvalue weighted by Crippen LogP contribution is 2.21. The zero-order chi connectivity index (χ0) is 14.5. The first-order valence-electron chi connectivity index (χ1n) is 6.15. The summed E-state index contributed by atoms with van der Waals surface area (Å²) in [4.78, 5) is 8.35. The van der Waals surface area contributed by atoms with Crippen LogP contribution in [0.2, 0.25) is 0 Å². The van der Waals surface area contributed by atoms with Gasteiger partial charge in [0.1, 0.15) is 5.82 Å². The fourth-order valence-electron chi connectivity index (χ4n) is 1.83. The molecule has 1 aromatic carbocycles. The molecular weight excluding hydrogens is 325 g/mol. The fourth-order valence-corrected chi connectivity index (χ4v) is 2.18. The Morgan fingerprint density at radius 1 is 1.40 bits per heavy atom. The smallest absolute Gasteiger partial charge is 0.232 e. The molecule has 0 unspecified atom stereocenters. The van der Waals surface area contributed by atoms with Gasteiger partial charge in [-0.25, -0.2) is 9.37 Å². The Balaban J connectivity index is 1.96. The van der Waals surface area contributed by atoms with Crippen molar-refractivity contribution in [3.05, 3.63) is 45.8 Å². The number of hydrogen-bond donors (Lipinski definition) is 1. The molecule has 0 saturated heterocycles. The molecule has 0 bridgehead atoms. The molecule has 0 atom stereocenters. The van der Waals surface area contributed by atoms with Crippen LogP contribution in [0.5, 0.6) is 5.88 Å². The monoisotopic (exact) mass is 339 g/mol. The SMILES string of the molecule is COc1nc(NCCc2ccc(F)cc2C)ncc1Br. The van der Waals surface area contributed by atoms with Crippen molar-refractivity contribution in [2.75, 3.05) is 19.0 Å². The van der Waals surface area contributed by atoms with Gasteiger partial charge in [-0.3, -0.25) is 0 Å². The maximum atomic E-state index is 13.0. The summed E-state index contributed by atoms with van der Waals surface area (Å²) in [6.07, 6.45) is 2.41. The average molecular weight is 340 g/mol. The van der Waals surface area contributed by atoms with Crippen LogP contribution in [0, 0.1) is 12.7 Å². The van der Waals surface area contributed by atoms with Crippen LogP contribution in [-0.4, -0.2) is 23.6 Å². The van der Waals surface area contributed by atoms with Gasteiger partial charge in [-0.1, -0.05) is 6.07 Å². The van der Waals surface area contributed by atoms with Crippen LogP contribution in [-0.2, 0) is 6.42 Å². The van der Waals surface area contributed by atoms with Crippen molar-refractivity contribution in [2.45, 2.75) is 13.3 Å². The van der Waals surface area contributed by atoms with Gasteiger partial charge >= 0.3 is 0 Å². The molecule has 1 N–H and O–H groups in total. The molecular formula is C14H15BrFN3O. The highest BCUT2D eigenvalue weighted by molar-refractivity contribution is 9.10. The second-order valence-electron chi connectivity index (χ2n) is 4.30. The van der Waals surface area contributed by atoms with Crippen molar-refractivity contribution >= 4 is 21.9 Å². The third-order valence-electron chi connectivity index (χ3n) is 2.89. The third kappa shape index (κ3) is 3.66. The summed E-state index contributed by atoms with van der Waals surface area (Å²) in [5.74, 6) is 0.783. The zero-order valence-electron chi connectivity index (χ0n) is 11.3. The van der Waals surface area contributed by atoms with Gasteiger partial charge in [-0.05, 0) is 52.5 Å². The van der Waals surface area contributed by atoms with Gasteiger partial charge in [-0.2, -0.15) is 4.98 Å². The number of rotatable bonds is 5. The molecule has 0 aliphatic carbocycles. The maximum absolute atomic E-state index is 13.0. The first kappa shape index (κ1) is 14.7. The standard InChI is InChI=1S/C14H15BrFN3O/c1-9-7-11(16)4-3-10(9)5-6-17-14-18-8-12(15)13(19-14)20-2/h3-4,7-8H,5-6H2,1-2H3,(H,17,18,19). The van der Waals surface area contributed by atoms with Crippen molar-refractivity contribution in [1.29, 1.82) is 0 Å². The molecule has 6 heteroatoms. The van der Waals surface area contributed by atoms with E-state index < -0.39 is 0 Å². The lowest BCUT2D eigenvalue weighted by Gasteiger charge is -2.09. The number of aromatic nitrogens is 2. The van der Waals surface area contributed by atoms with Crippen molar-refractivity contribution in [3.63, 3.8) is 0 Å². The summed E-state index contributed by atoms with van der Waals surface area (Å²) >= 11 is 3.30. The highest BCUT2D eigenvalue weighted by atomic mass is 79.9. The molecule has 0 amide bonds. The number of nitrogens with one attached hydrogen (secondary N) is 1. The number of ether oxygens (including phenoxy) is 1. The second kappa shape index (κ2) is 6.65. The van der Waals surface area contributed by atoms with Crippen LogP contribution < -0.4 is 10.1 Å². The summed E-state index contributed by atoms with van der Waals surface area (Å²) in [5, 5.41) is 3.12. The molecule has 0 saturated carbocycles. The lowest BCUT2D eigenvalue weighted by molar-refractivity contribution is 0.394. The Bertz CT molecular complexity index is 607. The number of benzene rings is 1. The van der Waals surface area contributed by atoms with E-state index in [1.165, 1.54) is 12.1 Å². The Morgan fingerprint density at radius 3 is 2.90 bits per heavy atom. The van der Waals surface area contributed by atoms with Crippen LogP contribution in [0.1, 0.15) is 11.1 Å². The number of halogens is 2. The number of hydrogen-bond acceptors (Lipinski definition) is 4. The van der Waals surface area contributed by atoms with Gasteiger partial charge < -0.3 is 10.1 Å². The first-order valence-corrected chi connectivity index (χ1v) is 6.95. The Hall–Kier alpha value is -1.69. The van der Waals surface area contributed by atoms with Crippen LogP contribution >= 0.6 is 15.9 Å². The molecule has 20 heavy (non-hydrogen) atoms.